The molecule has 2 amide bonds. The average molecular weight is 480 g/mol. The van der Waals surface area contributed by atoms with Gasteiger partial charge in [-0.15, -0.1) is 0 Å². The first-order valence-electron chi connectivity index (χ1n) is 10.3. The van der Waals surface area contributed by atoms with Gasteiger partial charge in [0.15, 0.2) is 0 Å². The summed E-state index contributed by atoms with van der Waals surface area (Å²) in [7, 11) is 0. The number of carbonyl (C=O) groups is 4. The molecule has 0 radical (unpaired) electrons. The first-order valence-corrected chi connectivity index (χ1v) is 10.3. The summed E-state index contributed by atoms with van der Waals surface area (Å²) >= 11 is 0. The first kappa shape index (κ1) is 23.7. The summed E-state index contributed by atoms with van der Waals surface area (Å²) in [5, 5.41) is 17.7. The lowest BCUT2D eigenvalue weighted by Crippen LogP contribution is -2.50. The van der Waals surface area contributed by atoms with Crippen molar-refractivity contribution in [3.63, 3.8) is 0 Å². The van der Waals surface area contributed by atoms with Gasteiger partial charge in [-0.3, -0.25) is 19.2 Å². The number of esters is 1. The Morgan fingerprint density at radius 3 is 2.47 bits per heavy atom. The second-order valence-corrected chi connectivity index (χ2v) is 8.98. The highest BCUT2D eigenvalue weighted by Crippen LogP contribution is 2.61. The van der Waals surface area contributed by atoms with Crippen LogP contribution in [0.3, 0.4) is 0 Å². The summed E-state index contributed by atoms with van der Waals surface area (Å²) in [6.07, 6.45) is -6.62. The monoisotopic (exact) mass is 480 g/mol. The highest BCUT2D eigenvalue weighted by atomic mass is 19.4. The van der Waals surface area contributed by atoms with Gasteiger partial charge in [0.25, 0.3) is 0 Å². The number of carboxylic acid groups (broad SMARTS) is 1. The Balaban J connectivity index is 1.66. The number of hydrogen-bond acceptors (Lipinski definition) is 7. The van der Waals surface area contributed by atoms with Crippen LogP contribution in [-0.2, 0) is 34.8 Å². The van der Waals surface area contributed by atoms with E-state index in [1.54, 1.807) is 6.92 Å². The minimum Gasteiger partial charge on any atom is -0.481 e. The van der Waals surface area contributed by atoms with Crippen molar-refractivity contribution in [3.8, 4) is 6.07 Å². The Hall–Kier alpha value is -3.46. The average Bonchev–Trinajstić information content (AvgIpc) is 3.26. The van der Waals surface area contributed by atoms with Crippen LogP contribution in [0.25, 0.3) is 0 Å². The molecule has 1 aromatic carbocycles. The molecule has 3 fully saturated rings. The van der Waals surface area contributed by atoms with Crippen molar-refractivity contribution in [2.75, 3.05) is 4.90 Å². The molecule has 3 unspecified atom stereocenters. The molecule has 4 rings (SSSR count). The van der Waals surface area contributed by atoms with Crippen LogP contribution in [-0.4, -0.2) is 46.2 Å². The van der Waals surface area contributed by atoms with Crippen molar-refractivity contribution >= 4 is 29.4 Å². The Labute approximate surface area is 191 Å². The van der Waals surface area contributed by atoms with Crippen molar-refractivity contribution in [1.82, 2.24) is 0 Å². The Morgan fingerprint density at radius 2 is 1.88 bits per heavy atom. The number of benzene rings is 1. The lowest BCUT2D eigenvalue weighted by atomic mass is 9.67. The van der Waals surface area contributed by atoms with Crippen LogP contribution in [0.5, 0.6) is 0 Å². The number of hydrogen-bond donors (Lipinski definition) is 1. The molecule has 180 valence electrons. The Kier molecular flexibility index (Phi) is 5.24. The number of anilines is 1. The van der Waals surface area contributed by atoms with E-state index in [1.807, 2.05) is 0 Å². The van der Waals surface area contributed by atoms with Gasteiger partial charge in [0, 0.05) is 6.42 Å². The molecule has 1 N–H and O–H groups in total. The maximum atomic E-state index is 13.4. The van der Waals surface area contributed by atoms with Crippen LogP contribution in [0, 0.1) is 23.2 Å². The molecule has 34 heavy (non-hydrogen) atoms. The van der Waals surface area contributed by atoms with Gasteiger partial charge < -0.3 is 14.6 Å². The molecule has 0 aromatic heterocycles. The molecular formula is C22H19F3N2O7. The van der Waals surface area contributed by atoms with Gasteiger partial charge in [0.2, 0.25) is 11.8 Å². The number of carboxylic acids is 1. The summed E-state index contributed by atoms with van der Waals surface area (Å²) in [5.74, 6) is -5.67. The van der Waals surface area contributed by atoms with Crippen molar-refractivity contribution in [2.24, 2.45) is 11.8 Å². The fraction of sp³-hybridized carbons (Fsp3) is 0.500. The topological polar surface area (TPSA) is 134 Å². The fourth-order valence-electron chi connectivity index (χ4n) is 5.34. The number of fused-ring (bicyclic) bond motifs is 5. The minimum atomic E-state index is -4.88. The maximum absolute atomic E-state index is 13.4. The zero-order chi connectivity index (χ0) is 25.2. The SMILES string of the molecule is CC12C[C@@H](OC(=O)CCC(=O)O)C(C)(O1)[C@H]1C(=O)N(c3ccc(C#N)c(C(F)(F)F)c3)C(=O)C12. The molecule has 12 heteroatoms. The van der Waals surface area contributed by atoms with Gasteiger partial charge in [-0.05, 0) is 32.0 Å². The molecule has 5 atom stereocenters. The summed E-state index contributed by atoms with van der Waals surface area (Å²) in [6, 6.07) is 4.03. The number of alkyl halides is 3. The van der Waals surface area contributed by atoms with Crippen molar-refractivity contribution < 1.29 is 46.9 Å². The van der Waals surface area contributed by atoms with E-state index in [-0.39, 0.29) is 12.1 Å². The predicted octanol–water partition coefficient (Wildman–Crippen LogP) is 2.41. The van der Waals surface area contributed by atoms with E-state index < -0.39 is 83.0 Å². The summed E-state index contributed by atoms with van der Waals surface area (Å²) in [6.45, 7) is 3.06. The summed E-state index contributed by atoms with van der Waals surface area (Å²) in [5.41, 5.74) is -4.90. The molecule has 9 nitrogen and oxygen atoms in total. The van der Waals surface area contributed by atoms with Gasteiger partial charge in [-0.2, -0.15) is 18.4 Å². The molecule has 0 aliphatic carbocycles. The number of halogens is 3. The molecule has 3 aliphatic heterocycles. The highest BCUT2D eigenvalue weighted by molar-refractivity contribution is 6.23. The normalized spacial score (nSPS) is 32.0. The quantitative estimate of drug-likeness (QED) is 0.502. The number of amides is 2. The van der Waals surface area contributed by atoms with Gasteiger partial charge in [-0.1, -0.05) is 0 Å². The Morgan fingerprint density at radius 1 is 1.24 bits per heavy atom. The number of carbonyl (C=O) groups excluding carboxylic acids is 3. The van der Waals surface area contributed by atoms with E-state index in [4.69, 9.17) is 19.8 Å². The van der Waals surface area contributed by atoms with Crippen molar-refractivity contribution in [3.05, 3.63) is 29.3 Å². The number of imide groups is 1. The van der Waals surface area contributed by atoms with E-state index in [1.165, 1.54) is 13.0 Å². The van der Waals surface area contributed by atoms with Crippen LogP contribution in [0.4, 0.5) is 18.9 Å². The Bertz CT molecular complexity index is 1160. The minimum absolute atomic E-state index is 0.0531. The number of rotatable bonds is 5. The van der Waals surface area contributed by atoms with E-state index >= 15 is 0 Å². The van der Waals surface area contributed by atoms with E-state index in [9.17, 15) is 32.3 Å². The number of nitriles is 1. The highest BCUT2D eigenvalue weighted by Gasteiger charge is 2.76. The molecule has 2 bridgehead atoms. The standard InChI is InChI=1S/C22H19F3N2O7/c1-20-8-13(33-15(30)6-5-14(28)29)21(2,34-20)17-16(20)18(31)27(19(17)32)11-4-3-10(9-26)12(7-11)22(23,24)25/h3-4,7,13,16-17H,5-6,8H2,1-2H3,(H,28,29)/t13-,16?,17-,20?,21?/m1/s1. The second kappa shape index (κ2) is 7.53. The van der Waals surface area contributed by atoms with Gasteiger partial charge in [-0.25, -0.2) is 4.90 Å². The molecule has 0 spiro atoms. The van der Waals surface area contributed by atoms with Gasteiger partial charge in [0.05, 0.1) is 53.2 Å². The molecule has 3 heterocycles. The summed E-state index contributed by atoms with van der Waals surface area (Å²) in [4.78, 5) is 50.1. The fourth-order valence-corrected chi connectivity index (χ4v) is 5.34. The van der Waals surface area contributed by atoms with Crippen molar-refractivity contribution in [1.29, 1.82) is 5.26 Å². The van der Waals surface area contributed by atoms with Crippen LogP contribution in [0.1, 0.15) is 44.2 Å². The third-order valence-electron chi connectivity index (χ3n) is 6.77. The van der Waals surface area contributed by atoms with Crippen LogP contribution in [0.2, 0.25) is 0 Å². The first-order chi connectivity index (χ1) is 15.7. The maximum Gasteiger partial charge on any atom is 0.417 e. The van der Waals surface area contributed by atoms with E-state index in [0.717, 1.165) is 12.1 Å². The van der Waals surface area contributed by atoms with Crippen LogP contribution < -0.4 is 4.90 Å². The number of ether oxygens (including phenoxy) is 2. The van der Waals surface area contributed by atoms with Gasteiger partial charge in [0.1, 0.15) is 11.7 Å². The van der Waals surface area contributed by atoms with Crippen molar-refractivity contribution in [2.45, 2.75) is 56.6 Å². The van der Waals surface area contributed by atoms with Crippen LogP contribution in [0.15, 0.2) is 18.2 Å². The summed E-state index contributed by atoms with van der Waals surface area (Å²) < 4.78 is 51.7. The van der Waals surface area contributed by atoms with Gasteiger partial charge >= 0.3 is 18.1 Å². The second-order valence-electron chi connectivity index (χ2n) is 8.98. The molecule has 3 aliphatic rings. The lowest BCUT2D eigenvalue weighted by Gasteiger charge is -2.34. The third-order valence-corrected chi connectivity index (χ3v) is 6.77. The molecular weight excluding hydrogens is 461 g/mol. The van der Waals surface area contributed by atoms with E-state index in [2.05, 4.69) is 0 Å². The zero-order valence-corrected chi connectivity index (χ0v) is 18.0. The lowest BCUT2D eigenvalue weighted by molar-refractivity contribution is -0.163. The number of nitrogens with zero attached hydrogens (tertiary/aromatic N) is 2. The molecule has 0 saturated carbocycles. The largest absolute Gasteiger partial charge is 0.481 e. The predicted molar refractivity (Wildman–Crippen MR) is 105 cm³/mol. The van der Waals surface area contributed by atoms with E-state index in [0.29, 0.717) is 11.0 Å². The third kappa shape index (κ3) is 3.42. The number of aliphatic carboxylic acids is 1. The molecule has 3 saturated heterocycles. The smallest absolute Gasteiger partial charge is 0.417 e. The molecule has 1 aromatic rings. The van der Waals surface area contributed by atoms with Crippen LogP contribution >= 0.6 is 0 Å². The zero-order valence-electron chi connectivity index (χ0n) is 18.0.